The number of nitrogens with two attached hydrogens (primary N) is 1. The summed E-state index contributed by atoms with van der Waals surface area (Å²) in [4.78, 5) is 0. The average molecular weight is 273 g/mol. The van der Waals surface area contributed by atoms with Gasteiger partial charge in [0.25, 0.3) is 0 Å². The predicted molar refractivity (Wildman–Crippen MR) is 84.7 cm³/mol. The summed E-state index contributed by atoms with van der Waals surface area (Å²) in [5.41, 5.74) is 8.03. The van der Waals surface area contributed by atoms with Gasteiger partial charge < -0.3 is 5.73 Å². The van der Waals surface area contributed by atoms with E-state index in [1.807, 2.05) is 11.3 Å². The smallest absolute Gasteiger partial charge is 0.0377 e. The molecule has 1 fully saturated rings. The van der Waals surface area contributed by atoms with Crippen LogP contribution in [0.5, 0.6) is 0 Å². The molecule has 0 bridgehead atoms. The van der Waals surface area contributed by atoms with Gasteiger partial charge in [0.2, 0.25) is 0 Å². The van der Waals surface area contributed by atoms with Crippen LogP contribution in [0.2, 0.25) is 0 Å². The topological polar surface area (TPSA) is 26.0 Å². The van der Waals surface area contributed by atoms with E-state index in [4.69, 9.17) is 5.73 Å². The highest BCUT2D eigenvalue weighted by Gasteiger charge is 2.35. The number of rotatable bonds is 2. The fraction of sp³-hybridized carbons (Fsp3) is 0.529. The van der Waals surface area contributed by atoms with E-state index in [9.17, 15) is 0 Å². The summed E-state index contributed by atoms with van der Waals surface area (Å²) in [6.45, 7) is 5.63. The van der Waals surface area contributed by atoms with Crippen molar-refractivity contribution in [1.29, 1.82) is 0 Å². The minimum atomic E-state index is 0.454. The van der Waals surface area contributed by atoms with Crippen LogP contribution in [0, 0.1) is 11.3 Å². The zero-order chi connectivity index (χ0) is 13.5. The van der Waals surface area contributed by atoms with E-state index in [2.05, 4.69) is 43.5 Å². The highest BCUT2D eigenvalue weighted by molar-refractivity contribution is 7.17. The maximum atomic E-state index is 6.04. The third-order valence-corrected chi connectivity index (χ3v) is 5.72. The first kappa shape index (κ1) is 13.1. The average Bonchev–Trinajstić information content (AvgIpc) is 2.85. The van der Waals surface area contributed by atoms with E-state index in [-0.39, 0.29) is 0 Å². The molecule has 1 aliphatic carbocycles. The normalized spacial score (nSPS) is 26.7. The fourth-order valence-electron chi connectivity index (χ4n) is 3.60. The molecule has 1 nitrogen and oxygen atoms in total. The summed E-state index contributed by atoms with van der Waals surface area (Å²) in [6, 6.07) is 8.99. The van der Waals surface area contributed by atoms with Crippen LogP contribution < -0.4 is 5.73 Å². The molecule has 2 unspecified atom stereocenters. The second kappa shape index (κ2) is 4.92. The Bertz CT molecular complexity index is 569. The molecule has 1 aliphatic rings. The van der Waals surface area contributed by atoms with Crippen LogP contribution in [-0.2, 0) is 0 Å². The summed E-state index contributed by atoms with van der Waals surface area (Å²) >= 11 is 1.88. The second-order valence-corrected chi connectivity index (χ2v) is 7.61. The van der Waals surface area contributed by atoms with Gasteiger partial charge in [-0.3, -0.25) is 0 Å². The molecule has 2 atom stereocenters. The van der Waals surface area contributed by atoms with Crippen LogP contribution in [-0.4, -0.2) is 6.54 Å². The van der Waals surface area contributed by atoms with E-state index in [0.29, 0.717) is 17.3 Å². The van der Waals surface area contributed by atoms with Gasteiger partial charge in [0.15, 0.2) is 0 Å². The van der Waals surface area contributed by atoms with Crippen molar-refractivity contribution in [3.8, 4) is 0 Å². The largest absolute Gasteiger partial charge is 0.330 e. The molecule has 1 aromatic heterocycles. The number of hydrogen-bond donors (Lipinski definition) is 1. The Balaban J connectivity index is 2.04. The molecule has 1 saturated carbocycles. The fourth-order valence-corrected chi connectivity index (χ4v) is 4.57. The lowest BCUT2D eigenvalue weighted by Crippen LogP contribution is -2.32. The molecular weight excluding hydrogens is 250 g/mol. The molecule has 102 valence electrons. The molecule has 1 aromatic carbocycles. The Labute approximate surface area is 119 Å². The Morgan fingerprint density at radius 2 is 2.16 bits per heavy atom. The molecule has 3 rings (SSSR count). The van der Waals surface area contributed by atoms with E-state index >= 15 is 0 Å². The number of benzene rings is 1. The zero-order valence-electron chi connectivity index (χ0n) is 11.9. The Hall–Kier alpha value is -0.860. The Morgan fingerprint density at radius 3 is 2.95 bits per heavy atom. The van der Waals surface area contributed by atoms with Crippen molar-refractivity contribution >= 4 is 21.4 Å². The lowest BCUT2D eigenvalue weighted by molar-refractivity contribution is 0.166. The van der Waals surface area contributed by atoms with Crippen LogP contribution in [0.25, 0.3) is 10.1 Å². The number of fused-ring (bicyclic) bond motifs is 1. The number of hydrogen-bond acceptors (Lipinski definition) is 2. The van der Waals surface area contributed by atoms with Gasteiger partial charge in [-0.2, -0.15) is 0 Å². The molecule has 1 heterocycles. The molecule has 0 aliphatic heterocycles. The first-order chi connectivity index (χ1) is 9.11. The lowest BCUT2D eigenvalue weighted by Gasteiger charge is -2.41. The first-order valence-electron chi connectivity index (χ1n) is 7.27. The highest BCUT2D eigenvalue weighted by Crippen LogP contribution is 2.48. The molecule has 19 heavy (non-hydrogen) atoms. The lowest BCUT2D eigenvalue weighted by atomic mass is 9.65. The van der Waals surface area contributed by atoms with Crippen LogP contribution in [0.4, 0.5) is 0 Å². The highest BCUT2D eigenvalue weighted by atomic mass is 32.1. The molecular formula is C17H23NS. The summed E-state index contributed by atoms with van der Waals surface area (Å²) in [6.07, 6.45) is 3.85. The maximum absolute atomic E-state index is 6.04. The predicted octanol–water partition coefficient (Wildman–Crippen LogP) is 4.77. The third-order valence-electron chi connectivity index (χ3n) is 4.75. The van der Waals surface area contributed by atoms with Crippen molar-refractivity contribution in [2.24, 2.45) is 17.1 Å². The van der Waals surface area contributed by atoms with Gasteiger partial charge in [0.1, 0.15) is 0 Å². The molecule has 2 aromatic rings. The van der Waals surface area contributed by atoms with Gasteiger partial charge in [-0.05, 0) is 65.5 Å². The zero-order valence-corrected chi connectivity index (χ0v) is 12.7. The number of thiophene rings is 1. The van der Waals surface area contributed by atoms with Crippen molar-refractivity contribution < 1.29 is 0 Å². The van der Waals surface area contributed by atoms with Gasteiger partial charge in [0.05, 0.1) is 0 Å². The third kappa shape index (κ3) is 2.44. The van der Waals surface area contributed by atoms with Crippen LogP contribution >= 0.6 is 11.3 Å². The quantitative estimate of drug-likeness (QED) is 0.838. The Morgan fingerprint density at radius 1 is 1.32 bits per heavy atom. The summed E-state index contributed by atoms with van der Waals surface area (Å²) in [5, 5.41) is 3.60. The van der Waals surface area contributed by atoms with Crippen molar-refractivity contribution in [1.82, 2.24) is 0 Å². The molecule has 2 N–H and O–H groups in total. The van der Waals surface area contributed by atoms with Gasteiger partial charge >= 0.3 is 0 Å². The van der Waals surface area contributed by atoms with Gasteiger partial charge in [-0.1, -0.05) is 32.0 Å². The first-order valence-corrected chi connectivity index (χ1v) is 8.15. The van der Waals surface area contributed by atoms with Crippen LogP contribution in [0.15, 0.2) is 29.6 Å². The van der Waals surface area contributed by atoms with E-state index in [0.717, 1.165) is 6.54 Å². The van der Waals surface area contributed by atoms with E-state index in [1.165, 1.54) is 34.9 Å². The van der Waals surface area contributed by atoms with E-state index < -0.39 is 0 Å². The summed E-state index contributed by atoms with van der Waals surface area (Å²) in [7, 11) is 0. The van der Waals surface area contributed by atoms with Crippen LogP contribution in [0.3, 0.4) is 0 Å². The molecule has 0 saturated heterocycles. The second-order valence-electron chi connectivity index (χ2n) is 6.70. The van der Waals surface area contributed by atoms with Gasteiger partial charge in [-0.15, -0.1) is 11.3 Å². The summed E-state index contributed by atoms with van der Waals surface area (Å²) < 4.78 is 1.48. The molecule has 2 heteroatoms. The molecule has 0 amide bonds. The van der Waals surface area contributed by atoms with Crippen molar-refractivity contribution in [2.75, 3.05) is 6.54 Å². The van der Waals surface area contributed by atoms with Crippen LogP contribution in [0.1, 0.15) is 44.6 Å². The van der Waals surface area contributed by atoms with Crippen molar-refractivity contribution in [2.45, 2.75) is 39.0 Å². The van der Waals surface area contributed by atoms with Gasteiger partial charge in [-0.25, -0.2) is 0 Å². The minimum Gasteiger partial charge on any atom is -0.330 e. The van der Waals surface area contributed by atoms with E-state index in [1.54, 1.807) is 0 Å². The Kier molecular flexibility index (Phi) is 3.40. The summed E-state index contributed by atoms with van der Waals surface area (Å²) in [5.74, 6) is 1.29. The maximum Gasteiger partial charge on any atom is 0.0377 e. The van der Waals surface area contributed by atoms with Crippen molar-refractivity contribution in [3.05, 3.63) is 35.2 Å². The monoisotopic (exact) mass is 273 g/mol. The standard InChI is InChI=1S/C17H23NS/c1-17(2)8-6-13(11-18)15(10-17)14-5-3-4-12-7-9-19-16(12)14/h3-5,7,9,13,15H,6,8,10-11,18H2,1-2H3. The van der Waals surface area contributed by atoms with Gasteiger partial charge in [0, 0.05) is 4.70 Å². The molecule has 0 spiro atoms. The minimum absolute atomic E-state index is 0.454. The molecule has 0 radical (unpaired) electrons. The SMILES string of the molecule is CC1(C)CCC(CN)C(c2cccc3ccsc23)C1. The van der Waals surface area contributed by atoms with Crippen molar-refractivity contribution in [3.63, 3.8) is 0 Å².